The van der Waals surface area contributed by atoms with Crippen molar-refractivity contribution in [2.45, 2.75) is 18.0 Å². The SMILES string of the molecule is CO/N=C(\C(=O)N[C@@H]1C(=O)N2C(C(=O)O)=C(C[n+]3ccc4nc(-c5cccs5)[nH]c4c3)CS[C@H]12)c1csc(N)n1. The molecule has 16 heteroatoms. The summed E-state index contributed by atoms with van der Waals surface area (Å²) in [5, 5.41) is 19.6. The molecule has 0 radical (unpaired) electrons. The van der Waals surface area contributed by atoms with Crippen LogP contribution in [0, 0.1) is 0 Å². The molecule has 1 saturated heterocycles. The highest BCUT2D eigenvalue weighted by atomic mass is 32.2. The summed E-state index contributed by atoms with van der Waals surface area (Å²) in [4.78, 5) is 57.4. The maximum absolute atomic E-state index is 13.1. The zero-order valence-corrected chi connectivity index (χ0v) is 23.2. The van der Waals surface area contributed by atoms with Gasteiger partial charge in [-0.1, -0.05) is 11.2 Å². The first-order valence-corrected chi connectivity index (χ1v) is 14.6. The number of aromatic nitrogens is 4. The van der Waals surface area contributed by atoms with Crippen LogP contribution in [0.25, 0.3) is 21.7 Å². The fraction of sp³-hybridized carbons (Fsp3) is 0.208. The molecule has 4 aromatic heterocycles. The minimum absolute atomic E-state index is 0.0752. The average molecular weight is 598 g/mol. The van der Waals surface area contributed by atoms with Crippen LogP contribution in [0.15, 0.2) is 57.8 Å². The van der Waals surface area contributed by atoms with Crippen molar-refractivity contribution in [3.8, 4) is 10.7 Å². The summed E-state index contributed by atoms with van der Waals surface area (Å²) in [7, 11) is 1.28. The lowest BCUT2D eigenvalue weighted by Gasteiger charge is -2.49. The van der Waals surface area contributed by atoms with E-state index in [1.165, 1.54) is 23.8 Å². The van der Waals surface area contributed by atoms with Crippen molar-refractivity contribution in [1.29, 1.82) is 0 Å². The fourth-order valence-corrected chi connectivity index (χ4v) is 7.11. The van der Waals surface area contributed by atoms with Gasteiger partial charge >= 0.3 is 5.97 Å². The molecule has 0 aliphatic carbocycles. The van der Waals surface area contributed by atoms with Crippen LogP contribution >= 0.6 is 34.4 Å². The monoisotopic (exact) mass is 597 g/mol. The average Bonchev–Trinajstić information content (AvgIpc) is 3.70. The first kappa shape index (κ1) is 26.0. The van der Waals surface area contributed by atoms with Crippen molar-refractivity contribution >= 4 is 74.1 Å². The van der Waals surface area contributed by atoms with E-state index in [9.17, 15) is 19.5 Å². The van der Waals surface area contributed by atoms with E-state index in [2.05, 4.69) is 25.4 Å². The van der Waals surface area contributed by atoms with Gasteiger partial charge in [0.15, 0.2) is 29.8 Å². The topological polar surface area (TPSA) is 180 Å². The number of fused-ring (bicyclic) bond motifs is 2. The van der Waals surface area contributed by atoms with Crippen LogP contribution in [0.2, 0.25) is 0 Å². The highest BCUT2D eigenvalue weighted by molar-refractivity contribution is 8.00. The molecule has 6 heterocycles. The van der Waals surface area contributed by atoms with E-state index < -0.39 is 29.2 Å². The summed E-state index contributed by atoms with van der Waals surface area (Å²) in [6.07, 6.45) is 3.69. The van der Waals surface area contributed by atoms with Crippen molar-refractivity contribution < 1.29 is 28.9 Å². The van der Waals surface area contributed by atoms with E-state index in [1.54, 1.807) is 16.7 Å². The fourth-order valence-electron chi connectivity index (χ4n) is 4.56. The number of hydrogen-bond donors (Lipinski definition) is 4. The summed E-state index contributed by atoms with van der Waals surface area (Å²) in [6, 6.07) is 4.86. The highest BCUT2D eigenvalue weighted by Crippen LogP contribution is 2.40. The van der Waals surface area contributed by atoms with E-state index in [4.69, 9.17) is 10.6 Å². The number of pyridine rings is 1. The Bertz CT molecular complexity index is 1710. The molecule has 13 nitrogen and oxygen atoms in total. The third-order valence-corrected chi connectivity index (χ3v) is 9.20. The van der Waals surface area contributed by atoms with Crippen molar-refractivity contribution in [3.63, 3.8) is 0 Å². The number of carboxylic acid groups (broad SMARTS) is 1. The number of thiazole rings is 1. The van der Waals surface area contributed by atoms with Crippen molar-refractivity contribution in [2.24, 2.45) is 5.16 Å². The van der Waals surface area contributed by atoms with Crippen LogP contribution in [0.1, 0.15) is 5.69 Å². The van der Waals surface area contributed by atoms with Gasteiger partial charge in [0.25, 0.3) is 11.8 Å². The quantitative estimate of drug-likeness (QED) is 0.101. The molecule has 0 aromatic carbocycles. The predicted octanol–water partition coefficient (Wildman–Crippen LogP) is 1.41. The molecule has 2 aliphatic rings. The van der Waals surface area contributed by atoms with Crippen molar-refractivity contribution in [1.82, 2.24) is 25.2 Å². The zero-order chi connectivity index (χ0) is 28.0. The second-order valence-corrected chi connectivity index (χ2v) is 11.7. The minimum Gasteiger partial charge on any atom is -0.477 e. The number of nitrogens with one attached hydrogen (secondary N) is 2. The van der Waals surface area contributed by atoms with Crippen LogP contribution in [0.5, 0.6) is 0 Å². The molecule has 40 heavy (non-hydrogen) atoms. The number of imidazole rings is 1. The largest absolute Gasteiger partial charge is 0.477 e. The van der Waals surface area contributed by atoms with Gasteiger partial charge in [-0.05, 0) is 11.4 Å². The Morgan fingerprint density at radius 1 is 1.35 bits per heavy atom. The Morgan fingerprint density at radius 3 is 2.90 bits per heavy atom. The molecule has 0 saturated carbocycles. The Balaban J connectivity index is 1.21. The molecule has 2 amide bonds. The van der Waals surface area contributed by atoms with Crippen LogP contribution in [-0.2, 0) is 25.8 Å². The van der Waals surface area contributed by atoms with Gasteiger partial charge in [0, 0.05) is 22.8 Å². The summed E-state index contributed by atoms with van der Waals surface area (Å²) >= 11 is 4.09. The lowest BCUT2D eigenvalue weighted by molar-refractivity contribution is -0.687. The van der Waals surface area contributed by atoms with E-state index in [0.29, 0.717) is 11.3 Å². The minimum atomic E-state index is -1.21. The number of aromatic amines is 1. The number of carbonyl (C=O) groups is 3. The van der Waals surface area contributed by atoms with Gasteiger partial charge in [-0.15, -0.1) is 34.4 Å². The molecular formula is C24H21N8O5S3+. The Kier molecular flexibility index (Phi) is 6.73. The number of H-pyrrole nitrogens is 1. The number of anilines is 1. The van der Waals surface area contributed by atoms with E-state index in [0.717, 1.165) is 33.1 Å². The van der Waals surface area contributed by atoms with Gasteiger partial charge in [0.1, 0.15) is 46.8 Å². The molecule has 1 fully saturated rings. The number of nitrogens with zero attached hydrogens (tertiary/aromatic N) is 5. The molecule has 2 atom stereocenters. The number of oxime groups is 1. The number of aliphatic carboxylic acids is 1. The first-order chi connectivity index (χ1) is 19.3. The van der Waals surface area contributed by atoms with E-state index >= 15 is 0 Å². The second kappa shape index (κ2) is 10.4. The van der Waals surface area contributed by atoms with Crippen LogP contribution in [0.4, 0.5) is 5.13 Å². The molecule has 0 bridgehead atoms. The zero-order valence-electron chi connectivity index (χ0n) is 20.7. The number of thioether (sulfide) groups is 1. The van der Waals surface area contributed by atoms with E-state index in [1.807, 2.05) is 40.5 Å². The van der Waals surface area contributed by atoms with Crippen molar-refractivity contribution in [3.05, 3.63) is 58.3 Å². The number of hydrogen-bond acceptors (Lipinski definition) is 11. The standard InChI is InChI=1S/C24H20N8O5S3/c1-37-30-16(14-10-40-24(25)28-14)20(33)29-17-21(34)32-18(23(35)36)11(9-39-22(17)32)7-31-5-4-12-13(8-31)27-19(26-12)15-3-2-6-38-15/h2-6,8,10,17,22H,7,9H2,1H3,(H4,25,28,29,33,35,36)/p+1/b30-16-/t17-,22-/m1/s1. The molecule has 4 aromatic rings. The number of nitrogen functional groups attached to an aromatic ring is 1. The summed E-state index contributed by atoms with van der Waals surface area (Å²) in [6.45, 7) is 0.265. The Hall–Kier alpha value is -4.28. The van der Waals surface area contributed by atoms with E-state index in [-0.39, 0.29) is 28.8 Å². The van der Waals surface area contributed by atoms with Gasteiger partial charge in [-0.25, -0.2) is 14.8 Å². The summed E-state index contributed by atoms with van der Waals surface area (Å²) in [5.41, 5.74) is 7.85. The molecule has 5 N–H and O–H groups in total. The van der Waals surface area contributed by atoms with Gasteiger partial charge < -0.3 is 26.0 Å². The van der Waals surface area contributed by atoms with Crippen LogP contribution < -0.4 is 15.6 Å². The molecule has 0 unspecified atom stereocenters. The number of nitrogens with two attached hydrogens (primary N) is 1. The number of thiophene rings is 1. The number of rotatable bonds is 8. The first-order valence-electron chi connectivity index (χ1n) is 11.8. The van der Waals surface area contributed by atoms with Gasteiger partial charge in [-0.2, -0.15) is 4.57 Å². The molecule has 204 valence electrons. The third kappa shape index (κ3) is 4.59. The number of carbonyl (C=O) groups excluding carboxylic acids is 2. The van der Waals surface area contributed by atoms with Crippen molar-refractivity contribution in [2.75, 3.05) is 18.6 Å². The van der Waals surface area contributed by atoms with Gasteiger partial charge in [0.2, 0.25) is 0 Å². The maximum atomic E-state index is 13.1. The van der Waals surface area contributed by atoms with Gasteiger partial charge in [-0.3, -0.25) is 14.5 Å². The number of amides is 2. The van der Waals surface area contributed by atoms with Crippen LogP contribution in [-0.4, -0.2) is 72.7 Å². The Morgan fingerprint density at radius 2 is 2.20 bits per heavy atom. The number of carboxylic acids is 1. The third-order valence-electron chi connectivity index (χ3n) is 6.31. The normalized spacial score (nSPS) is 19.0. The predicted molar refractivity (Wildman–Crippen MR) is 149 cm³/mol. The van der Waals surface area contributed by atoms with Gasteiger partial charge in [0.05, 0.1) is 4.88 Å². The lowest BCUT2D eigenvalue weighted by atomic mass is 10.0. The molecule has 2 aliphatic heterocycles. The maximum Gasteiger partial charge on any atom is 0.352 e. The summed E-state index contributed by atoms with van der Waals surface area (Å²) < 4.78 is 1.86. The molecular weight excluding hydrogens is 577 g/mol. The number of β-lactam (4-membered cyclic amide) rings is 1. The second-order valence-electron chi connectivity index (χ2n) is 8.79. The van der Waals surface area contributed by atoms with Crippen LogP contribution in [0.3, 0.4) is 0 Å². The Labute approximate surface area is 238 Å². The molecule has 0 spiro atoms. The summed E-state index contributed by atoms with van der Waals surface area (Å²) in [5.74, 6) is -1.28. The molecule has 6 rings (SSSR count). The lowest BCUT2D eigenvalue weighted by Crippen LogP contribution is -2.71. The highest BCUT2D eigenvalue weighted by Gasteiger charge is 2.54. The smallest absolute Gasteiger partial charge is 0.352 e.